The van der Waals surface area contributed by atoms with E-state index in [4.69, 9.17) is 0 Å². The molecule has 0 saturated carbocycles. The topological polar surface area (TPSA) is 73.1 Å². The second kappa shape index (κ2) is 3.78. The Kier molecular flexibility index (Phi) is 3.00. The van der Waals surface area contributed by atoms with Crippen LogP contribution in [-0.2, 0) is 10.0 Å². The first kappa shape index (κ1) is 11.9. The standard InChI is InChI=1S/C7H7F3N2O2S/c1-3-2-4(6(8)9)5(7(10)12-3)15(11,13)14/h2,6H,1H3,(H2,11,13,14). The minimum atomic E-state index is -4.54. The minimum absolute atomic E-state index is 0.0461. The maximum atomic E-state index is 13.1. The fourth-order valence-electron chi connectivity index (χ4n) is 1.09. The zero-order valence-electron chi connectivity index (χ0n) is 7.54. The number of alkyl halides is 2. The highest BCUT2D eigenvalue weighted by molar-refractivity contribution is 7.89. The van der Waals surface area contributed by atoms with Crippen molar-refractivity contribution in [1.82, 2.24) is 4.98 Å². The van der Waals surface area contributed by atoms with Crippen LogP contribution in [0.4, 0.5) is 13.2 Å². The van der Waals surface area contributed by atoms with Crippen LogP contribution in [-0.4, -0.2) is 13.4 Å². The van der Waals surface area contributed by atoms with Gasteiger partial charge in [0.25, 0.3) is 6.43 Å². The van der Waals surface area contributed by atoms with E-state index in [-0.39, 0.29) is 5.69 Å². The molecule has 1 aromatic rings. The predicted molar refractivity (Wildman–Crippen MR) is 45.3 cm³/mol. The Labute approximate surface area is 84.0 Å². The highest BCUT2D eigenvalue weighted by Gasteiger charge is 2.26. The SMILES string of the molecule is Cc1cc(C(F)F)c(S(N)(=O)=O)c(F)n1. The fraction of sp³-hybridized carbons (Fsp3) is 0.286. The summed E-state index contributed by atoms with van der Waals surface area (Å²) in [5.74, 6) is -1.51. The zero-order valence-corrected chi connectivity index (χ0v) is 8.35. The summed E-state index contributed by atoms with van der Waals surface area (Å²) in [6.45, 7) is 1.27. The number of sulfonamides is 1. The predicted octanol–water partition coefficient (Wildman–Crippen LogP) is 1.11. The van der Waals surface area contributed by atoms with Crippen LogP contribution in [0.5, 0.6) is 0 Å². The molecule has 0 bridgehead atoms. The monoisotopic (exact) mass is 240 g/mol. The lowest BCUT2D eigenvalue weighted by Crippen LogP contribution is -2.18. The molecule has 1 rings (SSSR count). The van der Waals surface area contributed by atoms with Gasteiger partial charge in [-0.05, 0) is 13.0 Å². The van der Waals surface area contributed by atoms with Gasteiger partial charge in [-0.3, -0.25) is 0 Å². The average molecular weight is 240 g/mol. The fourth-order valence-corrected chi connectivity index (χ4v) is 1.85. The number of primary sulfonamides is 1. The van der Waals surface area contributed by atoms with Crippen LogP contribution in [0.3, 0.4) is 0 Å². The summed E-state index contributed by atoms with van der Waals surface area (Å²) >= 11 is 0. The lowest BCUT2D eigenvalue weighted by Gasteiger charge is -2.08. The first-order valence-electron chi connectivity index (χ1n) is 3.71. The number of aromatic nitrogens is 1. The van der Waals surface area contributed by atoms with E-state index in [2.05, 4.69) is 10.1 Å². The molecule has 1 aromatic heterocycles. The van der Waals surface area contributed by atoms with Gasteiger partial charge in [-0.15, -0.1) is 0 Å². The van der Waals surface area contributed by atoms with E-state index in [9.17, 15) is 21.6 Å². The first-order valence-corrected chi connectivity index (χ1v) is 5.26. The van der Waals surface area contributed by atoms with Crippen LogP contribution in [0.1, 0.15) is 17.7 Å². The first-order chi connectivity index (χ1) is 6.73. The van der Waals surface area contributed by atoms with Gasteiger partial charge >= 0.3 is 0 Å². The van der Waals surface area contributed by atoms with Crippen molar-refractivity contribution in [3.05, 3.63) is 23.3 Å². The van der Waals surface area contributed by atoms with Crippen LogP contribution in [0.2, 0.25) is 0 Å². The lowest BCUT2D eigenvalue weighted by molar-refractivity contribution is 0.146. The summed E-state index contributed by atoms with van der Waals surface area (Å²) < 4.78 is 59.6. The molecular weight excluding hydrogens is 233 g/mol. The van der Waals surface area contributed by atoms with Gasteiger partial charge in [0, 0.05) is 11.3 Å². The van der Waals surface area contributed by atoms with Crippen LogP contribution in [0, 0.1) is 12.9 Å². The summed E-state index contributed by atoms with van der Waals surface area (Å²) in [4.78, 5) is 1.88. The van der Waals surface area contributed by atoms with Crippen LogP contribution in [0.25, 0.3) is 0 Å². The third kappa shape index (κ3) is 2.45. The van der Waals surface area contributed by atoms with Crippen molar-refractivity contribution in [1.29, 1.82) is 0 Å². The van der Waals surface area contributed by atoms with Crippen molar-refractivity contribution >= 4 is 10.0 Å². The van der Waals surface area contributed by atoms with Gasteiger partial charge in [0.15, 0.2) is 0 Å². The Balaban J connectivity index is 3.62. The van der Waals surface area contributed by atoms with Gasteiger partial charge in [0.05, 0.1) is 0 Å². The number of nitrogens with zero attached hydrogens (tertiary/aromatic N) is 1. The van der Waals surface area contributed by atoms with Crippen molar-refractivity contribution in [2.24, 2.45) is 5.14 Å². The van der Waals surface area contributed by atoms with Crippen molar-refractivity contribution in [3.8, 4) is 0 Å². The molecule has 15 heavy (non-hydrogen) atoms. The Morgan fingerprint density at radius 2 is 2.00 bits per heavy atom. The molecule has 0 spiro atoms. The highest BCUT2D eigenvalue weighted by Crippen LogP contribution is 2.27. The van der Waals surface area contributed by atoms with E-state index < -0.39 is 32.9 Å². The van der Waals surface area contributed by atoms with E-state index >= 15 is 0 Å². The quantitative estimate of drug-likeness (QED) is 0.787. The molecule has 0 atom stereocenters. The molecule has 0 aliphatic heterocycles. The molecule has 0 fully saturated rings. The molecule has 84 valence electrons. The Morgan fingerprint density at radius 1 is 1.47 bits per heavy atom. The normalized spacial score (nSPS) is 12.1. The van der Waals surface area contributed by atoms with E-state index in [1.165, 1.54) is 6.92 Å². The maximum absolute atomic E-state index is 13.1. The number of halogens is 3. The number of hydrogen-bond donors (Lipinski definition) is 1. The number of hydrogen-bond acceptors (Lipinski definition) is 3. The van der Waals surface area contributed by atoms with E-state index in [0.717, 1.165) is 6.07 Å². The van der Waals surface area contributed by atoms with E-state index in [0.29, 0.717) is 0 Å². The van der Waals surface area contributed by atoms with E-state index in [1.54, 1.807) is 0 Å². The largest absolute Gasteiger partial charge is 0.265 e. The van der Waals surface area contributed by atoms with Gasteiger partial charge < -0.3 is 0 Å². The molecule has 0 aliphatic rings. The van der Waals surface area contributed by atoms with Gasteiger partial charge in [-0.2, -0.15) is 4.39 Å². The molecule has 0 amide bonds. The molecule has 0 aliphatic carbocycles. The third-order valence-electron chi connectivity index (χ3n) is 1.61. The van der Waals surface area contributed by atoms with Crippen molar-refractivity contribution in [2.75, 3.05) is 0 Å². The number of rotatable bonds is 2. The highest BCUT2D eigenvalue weighted by atomic mass is 32.2. The zero-order chi connectivity index (χ0) is 11.8. The summed E-state index contributed by atoms with van der Waals surface area (Å²) in [5.41, 5.74) is -1.02. The van der Waals surface area contributed by atoms with Crippen LogP contribution in [0.15, 0.2) is 11.0 Å². The summed E-state index contributed by atoms with van der Waals surface area (Å²) in [6.07, 6.45) is -3.13. The summed E-state index contributed by atoms with van der Waals surface area (Å²) in [6, 6.07) is 0.785. The Morgan fingerprint density at radius 3 is 2.40 bits per heavy atom. The smallest absolute Gasteiger partial charge is 0.224 e. The van der Waals surface area contributed by atoms with Crippen LogP contribution < -0.4 is 5.14 Å². The van der Waals surface area contributed by atoms with Crippen molar-refractivity contribution < 1.29 is 21.6 Å². The molecular formula is C7H7F3N2O2S. The van der Waals surface area contributed by atoms with Gasteiger partial charge in [-0.1, -0.05) is 0 Å². The summed E-state index contributed by atoms with van der Waals surface area (Å²) in [7, 11) is -4.54. The number of nitrogens with two attached hydrogens (primary N) is 1. The molecule has 8 heteroatoms. The number of aryl methyl sites for hydroxylation is 1. The summed E-state index contributed by atoms with van der Waals surface area (Å²) in [5, 5.41) is 4.61. The molecule has 0 saturated heterocycles. The Hall–Kier alpha value is -1.15. The van der Waals surface area contributed by atoms with Crippen molar-refractivity contribution in [2.45, 2.75) is 18.2 Å². The van der Waals surface area contributed by atoms with Gasteiger partial charge in [0.1, 0.15) is 4.90 Å². The second-order valence-corrected chi connectivity index (χ2v) is 4.32. The molecule has 1 heterocycles. The molecule has 0 aromatic carbocycles. The second-order valence-electron chi connectivity index (χ2n) is 2.82. The molecule has 0 unspecified atom stereocenters. The Bertz CT molecular complexity index is 487. The van der Waals surface area contributed by atoms with Crippen LogP contribution >= 0.6 is 0 Å². The third-order valence-corrected chi connectivity index (χ3v) is 2.58. The minimum Gasteiger partial charge on any atom is -0.224 e. The maximum Gasteiger partial charge on any atom is 0.265 e. The van der Waals surface area contributed by atoms with Gasteiger partial charge in [0.2, 0.25) is 16.0 Å². The van der Waals surface area contributed by atoms with E-state index in [1.807, 2.05) is 0 Å². The lowest BCUT2D eigenvalue weighted by atomic mass is 10.2. The number of pyridine rings is 1. The molecule has 4 nitrogen and oxygen atoms in total. The molecule has 2 N–H and O–H groups in total. The van der Waals surface area contributed by atoms with Gasteiger partial charge in [-0.25, -0.2) is 27.3 Å². The van der Waals surface area contributed by atoms with Crippen molar-refractivity contribution in [3.63, 3.8) is 0 Å². The molecule has 0 radical (unpaired) electrons. The average Bonchev–Trinajstić information content (AvgIpc) is 1.99.